The van der Waals surface area contributed by atoms with E-state index in [1.165, 1.54) is 0 Å². The summed E-state index contributed by atoms with van der Waals surface area (Å²) in [5.41, 5.74) is -3.25. The molecule has 730 valence electrons. The van der Waals surface area contributed by atoms with Gasteiger partial charge in [0.1, 0.15) is 0 Å². The number of aliphatic hydroxyl groups is 1. The van der Waals surface area contributed by atoms with Gasteiger partial charge in [0.15, 0.2) is 0 Å². The van der Waals surface area contributed by atoms with Gasteiger partial charge in [0.25, 0.3) is 33.8 Å². The van der Waals surface area contributed by atoms with E-state index < -0.39 is 206 Å². The van der Waals surface area contributed by atoms with Crippen LogP contribution in [0.3, 0.4) is 0 Å². The Kier molecular flexibility index (Phi) is 27.9. The van der Waals surface area contributed by atoms with Gasteiger partial charge in [0, 0.05) is 133 Å². The van der Waals surface area contributed by atoms with Crippen LogP contribution in [0.25, 0.3) is 0 Å². The standard InChI is InChI=1S/C26H41F4NO4S.C24H36F4O3.2C24H36F4O2/c1-16(4-7-21(32)31-12-13-36(33,34)35)18-5-6-19-22-20(8-9-24(18,19)3)23(2)10-11-25(27,28)14-17(23)15-26(22,29)30;1-13(4-7-19(30)31)15-5-6-16-20-17(10-18(29)22(15,16)3)21(2)8-9-23(25,26)11-14(21)12-24(20,27)28;2*1-14(4-7-19(29)30)16-5-6-17-20-18(8-9-22(16,17)3)21(2)10-11-23(25,26)12-15(21)13-24(20,27)28/h16-20,22H,4-15H2,1-3H3,(H,31,32)(H,33,34,35);13-18,20,29H,4-12H2,1-3H3,(H,30,31);2*14-18,20H,4-13H2,1-3H3,(H,29,30). The maximum Gasteiger partial charge on any atom is 0.303 e. The fourth-order valence-corrected chi connectivity index (χ4v) is 35.2. The molecule has 1 amide bonds. The van der Waals surface area contributed by atoms with Gasteiger partial charge in [-0.05, 0) is 309 Å². The molecule has 16 saturated carbocycles. The Hall–Kier alpha value is -3.37. The zero-order valence-corrected chi connectivity index (χ0v) is 77.9. The van der Waals surface area contributed by atoms with E-state index in [4.69, 9.17) is 19.9 Å². The van der Waals surface area contributed by atoms with Gasteiger partial charge in [-0.3, -0.25) is 23.7 Å². The number of aliphatic carboxylic acids is 3. The number of carboxylic acid groups (broad SMARTS) is 3. The number of nitrogens with one attached hydrogen (secondary N) is 1. The fourth-order valence-electron chi connectivity index (χ4n) is 34.8. The Morgan fingerprint density at radius 3 is 0.874 bits per heavy atom. The summed E-state index contributed by atoms with van der Waals surface area (Å²) in [7, 11) is -4.14. The van der Waals surface area contributed by atoms with Crippen molar-refractivity contribution in [3.8, 4) is 0 Å². The van der Waals surface area contributed by atoms with Gasteiger partial charge in [-0.25, -0.2) is 70.2 Å². The molecule has 0 heterocycles. The summed E-state index contributed by atoms with van der Waals surface area (Å²) in [5.74, 6) is -32.6. The number of amides is 1. The number of hydrogen-bond acceptors (Lipinski definition) is 7. The van der Waals surface area contributed by atoms with Crippen molar-refractivity contribution in [3.63, 3.8) is 0 Å². The number of carboxylic acids is 3. The molecule has 16 rings (SSSR count). The highest BCUT2D eigenvalue weighted by Gasteiger charge is 2.76. The van der Waals surface area contributed by atoms with Crippen molar-refractivity contribution in [2.24, 2.45) is 185 Å². The molecule has 16 fully saturated rings. The van der Waals surface area contributed by atoms with Crippen molar-refractivity contribution in [1.82, 2.24) is 5.32 Å². The van der Waals surface area contributed by atoms with Crippen LogP contribution in [0.4, 0.5) is 70.2 Å². The Balaban J connectivity index is 0.000000145. The maximum absolute atomic E-state index is 15.8. The van der Waals surface area contributed by atoms with Crippen molar-refractivity contribution < 1.29 is 123 Å². The molecule has 0 radical (unpaired) electrons. The lowest BCUT2D eigenvalue weighted by molar-refractivity contribution is -0.266. The van der Waals surface area contributed by atoms with E-state index in [1.54, 1.807) is 0 Å². The lowest BCUT2D eigenvalue weighted by Crippen LogP contribution is -2.64. The lowest BCUT2D eigenvalue weighted by Gasteiger charge is -2.64. The molecule has 0 bridgehead atoms. The van der Waals surface area contributed by atoms with E-state index in [2.05, 4.69) is 46.9 Å². The molecule has 12 nitrogen and oxygen atoms in total. The highest BCUT2D eigenvalue weighted by atomic mass is 32.2. The van der Waals surface area contributed by atoms with Crippen LogP contribution < -0.4 is 5.32 Å². The first-order valence-corrected chi connectivity index (χ1v) is 50.5. The van der Waals surface area contributed by atoms with E-state index in [1.807, 2.05) is 41.5 Å². The maximum atomic E-state index is 15.8. The van der Waals surface area contributed by atoms with Crippen LogP contribution in [0.2, 0.25) is 0 Å². The van der Waals surface area contributed by atoms with Crippen LogP contribution in [-0.2, 0) is 29.3 Å². The summed E-state index contributed by atoms with van der Waals surface area (Å²) in [6, 6.07) is 0. The third-order valence-corrected chi connectivity index (χ3v) is 42.3. The molecule has 6 N–H and O–H groups in total. The number of alkyl halides is 16. The van der Waals surface area contributed by atoms with Gasteiger partial charge in [0.05, 0.1) is 11.9 Å². The SMILES string of the molecule is CC(CCC(=O)NCCS(=O)(=O)O)C1CCC2C3C(CCC12C)C1(C)CCC(F)(F)CC1CC3(F)F.CC(CCC(=O)O)C1CCC2C3C(CC(O)C12C)C1(C)CCC(F)(F)CC1CC3(F)F.CC(CCC(=O)O)C1CCC2C3C(CCC12C)C1(C)CCC(F)(F)CC1CC3(F)F.CC(CCC(=O)O)C1CCC2C3C(CCC12C)C1(C)CCC(F)(F)CC1CC3(F)F. The first kappa shape index (κ1) is 101. The largest absolute Gasteiger partial charge is 0.481 e. The first-order chi connectivity index (χ1) is 58.3. The number of carbonyl (C=O) groups excluding carboxylic acids is 1. The normalized spacial score (nSPS) is 46.4. The third kappa shape index (κ3) is 18.9. The second kappa shape index (κ2) is 35.0. The van der Waals surface area contributed by atoms with Crippen LogP contribution in [-0.4, -0.2) is 123 Å². The molecule has 0 aromatic rings. The molecule has 29 heteroatoms. The summed E-state index contributed by atoms with van der Waals surface area (Å²) in [6.45, 7) is 24.4. The monoisotopic (exact) mass is 1850 g/mol. The summed E-state index contributed by atoms with van der Waals surface area (Å²) < 4.78 is 269. The van der Waals surface area contributed by atoms with Crippen LogP contribution in [0, 0.1) is 185 Å². The number of halogens is 16. The van der Waals surface area contributed by atoms with Gasteiger partial charge < -0.3 is 25.7 Å². The predicted molar refractivity (Wildman–Crippen MR) is 449 cm³/mol. The number of hydrogen-bond donors (Lipinski definition) is 6. The van der Waals surface area contributed by atoms with Crippen LogP contribution in [0.1, 0.15) is 333 Å². The zero-order chi connectivity index (χ0) is 93.9. The Labute approximate surface area is 743 Å². The minimum absolute atomic E-state index is 0.00943. The van der Waals surface area contributed by atoms with E-state index >= 15 is 35.1 Å². The molecule has 0 spiro atoms. The minimum atomic E-state index is -4.14. The van der Waals surface area contributed by atoms with Gasteiger partial charge >= 0.3 is 17.9 Å². The molecule has 16 aliphatic carbocycles. The van der Waals surface area contributed by atoms with E-state index in [0.29, 0.717) is 83.5 Å². The summed E-state index contributed by atoms with van der Waals surface area (Å²) in [6.07, 6.45) is 9.82. The Bertz CT molecular complexity index is 3970. The average molecular weight is 1850 g/mol. The van der Waals surface area contributed by atoms with Gasteiger partial charge in [-0.15, -0.1) is 0 Å². The molecule has 0 saturated heterocycles. The average Bonchev–Trinajstić information content (AvgIpc) is 1.81. The number of carbonyl (C=O) groups is 4. The molecule has 33 atom stereocenters. The lowest BCUT2D eigenvalue weighted by atomic mass is 9.42. The second-order valence-electron chi connectivity index (χ2n) is 47.7. The Morgan fingerprint density at radius 2 is 0.583 bits per heavy atom. The van der Waals surface area contributed by atoms with E-state index in [0.717, 1.165) is 51.4 Å². The number of fused-ring (bicyclic) bond motifs is 20. The molecular formula is C98H149F16NO11S. The van der Waals surface area contributed by atoms with Crippen molar-refractivity contribution in [2.75, 3.05) is 12.3 Å². The highest BCUT2D eigenvalue weighted by molar-refractivity contribution is 7.85. The molecule has 33 unspecified atom stereocenters. The predicted octanol–water partition coefficient (Wildman–Crippen LogP) is 26.0. The summed E-state index contributed by atoms with van der Waals surface area (Å²) in [4.78, 5) is 45.2. The summed E-state index contributed by atoms with van der Waals surface area (Å²) in [5, 5.41) is 41.0. The van der Waals surface area contributed by atoms with Crippen LogP contribution in [0.5, 0.6) is 0 Å². The molecular weight excluding hydrogens is 1700 g/mol. The zero-order valence-electron chi connectivity index (χ0n) is 77.1. The Morgan fingerprint density at radius 1 is 0.331 bits per heavy atom. The van der Waals surface area contributed by atoms with Crippen LogP contribution >= 0.6 is 0 Å². The van der Waals surface area contributed by atoms with Crippen LogP contribution in [0.15, 0.2) is 0 Å². The highest BCUT2D eigenvalue weighted by Crippen LogP contribution is 2.78. The van der Waals surface area contributed by atoms with E-state index in [9.17, 15) is 67.8 Å². The molecule has 16 aliphatic rings. The van der Waals surface area contributed by atoms with Gasteiger partial charge in [-0.1, -0.05) is 83.1 Å². The van der Waals surface area contributed by atoms with Crippen molar-refractivity contribution in [1.29, 1.82) is 0 Å². The van der Waals surface area contributed by atoms with Gasteiger partial charge in [0.2, 0.25) is 29.6 Å². The molecule has 0 aliphatic heterocycles. The molecule has 127 heavy (non-hydrogen) atoms. The second-order valence-corrected chi connectivity index (χ2v) is 49.3. The third-order valence-electron chi connectivity index (χ3n) is 41.6. The van der Waals surface area contributed by atoms with Crippen molar-refractivity contribution in [2.45, 2.75) is 387 Å². The first-order valence-electron chi connectivity index (χ1n) is 48.9. The number of rotatable bonds is 19. The fraction of sp³-hybridized carbons (Fsp3) is 0.959. The van der Waals surface area contributed by atoms with Crippen molar-refractivity contribution >= 4 is 33.9 Å². The van der Waals surface area contributed by atoms with Crippen molar-refractivity contribution in [3.05, 3.63) is 0 Å². The van der Waals surface area contributed by atoms with E-state index in [-0.39, 0.29) is 195 Å². The number of aliphatic hydroxyl groups excluding tert-OH is 1. The molecule has 0 aromatic heterocycles. The minimum Gasteiger partial charge on any atom is -0.481 e. The molecule has 0 aromatic carbocycles. The smallest absolute Gasteiger partial charge is 0.303 e. The topological polar surface area (TPSA) is 216 Å². The van der Waals surface area contributed by atoms with Gasteiger partial charge in [-0.2, -0.15) is 8.42 Å². The quantitative estimate of drug-likeness (QED) is 0.0528. The summed E-state index contributed by atoms with van der Waals surface area (Å²) >= 11 is 0.